The number of ether oxygens (including phenoxy) is 1. The molecule has 0 spiro atoms. The van der Waals surface area contributed by atoms with Gasteiger partial charge in [-0.1, -0.05) is 42.8 Å². The molecule has 0 saturated heterocycles. The number of nitrogens with two attached hydrogens (primary N) is 1. The van der Waals surface area contributed by atoms with E-state index in [9.17, 15) is 0 Å². The maximum Gasteiger partial charge on any atom is 0.120 e. The van der Waals surface area contributed by atoms with E-state index >= 15 is 0 Å². The van der Waals surface area contributed by atoms with E-state index in [0.29, 0.717) is 18.8 Å². The summed E-state index contributed by atoms with van der Waals surface area (Å²) in [7, 11) is 0. The van der Waals surface area contributed by atoms with Crippen LogP contribution in [0.25, 0.3) is 0 Å². The summed E-state index contributed by atoms with van der Waals surface area (Å²) < 4.78 is 5.89. The van der Waals surface area contributed by atoms with Crippen molar-refractivity contribution in [3.8, 4) is 5.75 Å². The van der Waals surface area contributed by atoms with Crippen LogP contribution in [-0.2, 0) is 12.8 Å². The van der Waals surface area contributed by atoms with Gasteiger partial charge < -0.3 is 10.5 Å². The highest BCUT2D eigenvalue weighted by atomic mass is 35.5. The molecular weight excluding hydrogens is 308 g/mol. The molecule has 1 unspecified atom stereocenters. The van der Waals surface area contributed by atoms with Crippen molar-refractivity contribution < 1.29 is 4.74 Å². The smallest absolute Gasteiger partial charge is 0.120 e. The van der Waals surface area contributed by atoms with E-state index in [-0.39, 0.29) is 6.10 Å². The number of aliphatic imine (C=N–C) groups is 1. The Morgan fingerprint density at radius 3 is 2.61 bits per heavy atom. The number of hydrogen-bond donors (Lipinski definition) is 1. The lowest BCUT2D eigenvalue weighted by Gasteiger charge is -2.13. The van der Waals surface area contributed by atoms with Gasteiger partial charge in [-0.05, 0) is 48.7 Å². The second-order valence-corrected chi connectivity index (χ2v) is 6.00. The van der Waals surface area contributed by atoms with Crippen molar-refractivity contribution in [1.82, 2.24) is 0 Å². The number of halogens is 1. The average molecular weight is 331 g/mol. The van der Waals surface area contributed by atoms with Crippen LogP contribution in [0.4, 0.5) is 0 Å². The summed E-state index contributed by atoms with van der Waals surface area (Å²) in [6.45, 7) is 4.66. The standard InChI is InChI=1S/C19H23ClN2O/c1-3-15-5-4-6-18(11-15)23-14(2)13-22-19(21)12-16-7-9-17(20)10-8-16/h4-11,14H,3,12-13H2,1-2H3,(H2,21,22). The van der Waals surface area contributed by atoms with Crippen LogP contribution >= 0.6 is 11.6 Å². The fourth-order valence-corrected chi connectivity index (χ4v) is 2.35. The van der Waals surface area contributed by atoms with E-state index in [1.165, 1.54) is 5.56 Å². The van der Waals surface area contributed by atoms with Crippen molar-refractivity contribution in [1.29, 1.82) is 0 Å². The monoisotopic (exact) mass is 330 g/mol. The molecule has 2 aromatic carbocycles. The van der Waals surface area contributed by atoms with E-state index in [2.05, 4.69) is 24.0 Å². The molecule has 0 aliphatic carbocycles. The minimum absolute atomic E-state index is 0.0223. The van der Waals surface area contributed by atoms with Gasteiger partial charge in [0.05, 0.1) is 12.4 Å². The third-order valence-electron chi connectivity index (χ3n) is 3.49. The van der Waals surface area contributed by atoms with Gasteiger partial charge in [0, 0.05) is 11.4 Å². The molecule has 1 atom stereocenters. The summed E-state index contributed by atoms with van der Waals surface area (Å²) in [5, 5.41) is 0.723. The number of rotatable bonds is 7. The van der Waals surface area contributed by atoms with Crippen LogP contribution in [0.2, 0.25) is 5.02 Å². The van der Waals surface area contributed by atoms with Crippen LogP contribution in [0.3, 0.4) is 0 Å². The zero-order valence-corrected chi connectivity index (χ0v) is 14.4. The molecule has 0 bridgehead atoms. The Bertz CT molecular complexity index is 653. The zero-order valence-electron chi connectivity index (χ0n) is 13.6. The fourth-order valence-electron chi connectivity index (χ4n) is 2.22. The van der Waals surface area contributed by atoms with Gasteiger partial charge >= 0.3 is 0 Å². The number of hydrogen-bond acceptors (Lipinski definition) is 2. The third kappa shape index (κ3) is 5.95. The first-order chi connectivity index (χ1) is 11.1. The Balaban J connectivity index is 1.86. The molecule has 2 N–H and O–H groups in total. The summed E-state index contributed by atoms with van der Waals surface area (Å²) in [6.07, 6.45) is 1.60. The Morgan fingerprint density at radius 2 is 1.91 bits per heavy atom. The maximum absolute atomic E-state index is 5.99. The topological polar surface area (TPSA) is 47.6 Å². The molecule has 0 heterocycles. The molecule has 0 radical (unpaired) electrons. The van der Waals surface area contributed by atoms with Crippen molar-refractivity contribution >= 4 is 17.4 Å². The second kappa shape index (κ2) is 8.59. The molecule has 0 aromatic heterocycles. The van der Waals surface area contributed by atoms with Crippen molar-refractivity contribution in [2.75, 3.05) is 6.54 Å². The summed E-state index contributed by atoms with van der Waals surface area (Å²) in [5.41, 5.74) is 8.35. The lowest BCUT2D eigenvalue weighted by molar-refractivity contribution is 0.230. The minimum Gasteiger partial charge on any atom is -0.489 e. The zero-order chi connectivity index (χ0) is 16.7. The molecule has 23 heavy (non-hydrogen) atoms. The van der Waals surface area contributed by atoms with Gasteiger partial charge in [-0.3, -0.25) is 4.99 Å². The van der Waals surface area contributed by atoms with Gasteiger partial charge in [-0.2, -0.15) is 0 Å². The van der Waals surface area contributed by atoms with Crippen LogP contribution in [0.1, 0.15) is 25.0 Å². The third-order valence-corrected chi connectivity index (χ3v) is 3.75. The Labute approximate surface area is 143 Å². The Kier molecular flexibility index (Phi) is 6.48. The van der Waals surface area contributed by atoms with Crippen molar-refractivity contribution in [2.45, 2.75) is 32.8 Å². The highest BCUT2D eigenvalue weighted by molar-refractivity contribution is 6.30. The number of benzene rings is 2. The number of nitrogens with zero attached hydrogens (tertiary/aromatic N) is 1. The second-order valence-electron chi connectivity index (χ2n) is 5.56. The van der Waals surface area contributed by atoms with Crippen LogP contribution in [-0.4, -0.2) is 18.5 Å². The van der Waals surface area contributed by atoms with Gasteiger partial charge in [0.1, 0.15) is 11.9 Å². The first kappa shape index (κ1) is 17.4. The maximum atomic E-state index is 5.99. The molecule has 0 amide bonds. The van der Waals surface area contributed by atoms with Crippen LogP contribution in [0.5, 0.6) is 5.75 Å². The first-order valence-electron chi connectivity index (χ1n) is 7.85. The molecular formula is C19H23ClN2O. The van der Waals surface area contributed by atoms with Gasteiger partial charge in [0.15, 0.2) is 0 Å². The first-order valence-corrected chi connectivity index (χ1v) is 8.23. The molecule has 2 rings (SSSR count). The average Bonchev–Trinajstić information content (AvgIpc) is 2.55. The largest absolute Gasteiger partial charge is 0.489 e. The summed E-state index contributed by atoms with van der Waals surface area (Å²) in [5.74, 6) is 1.48. The van der Waals surface area contributed by atoms with Crippen LogP contribution in [0, 0.1) is 0 Å². The van der Waals surface area contributed by atoms with E-state index in [1.807, 2.05) is 43.3 Å². The summed E-state index contributed by atoms with van der Waals surface area (Å²) in [4.78, 5) is 4.42. The Morgan fingerprint density at radius 1 is 1.17 bits per heavy atom. The van der Waals surface area contributed by atoms with E-state index in [1.54, 1.807) is 0 Å². The van der Waals surface area contributed by atoms with Crippen molar-refractivity contribution in [2.24, 2.45) is 10.7 Å². The van der Waals surface area contributed by atoms with Crippen molar-refractivity contribution in [3.05, 3.63) is 64.7 Å². The lowest BCUT2D eigenvalue weighted by Crippen LogP contribution is -2.21. The van der Waals surface area contributed by atoms with Gasteiger partial charge in [0.2, 0.25) is 0 Å². The summed E-state index contributed by atoms with van der Waals surface area (Å²) in [6, 6.07) is 15.8. The predicted octanol–water partition coefficient (Wildman–Crippen LogP) is 4.27. The van der Waals surface area contributed by atoms with Crippen LogP contribution in [0.15, 0.2) is 53.5 Å². The van der Waals surface area contributed by atoms with E-state index in [4.69, 9.17) is 22.1 Å². The Hall–Kier alpha value is -2.00. The normalized spacial score (nSPS) is 12.9. The number of aryl methyl sites for hydroxylation is 1. The van der Waals surface area contributed by atoms with Gasteiger partial charge in [0.25, 0.3) is 0 Å². The molecule has 4 heteroatoms. The van der Waals surface area contributed by atoms with Crippen LogP contribution < -0.4 is 10.5 Å². The SMILES string of the molecule is CCc1cccc(OC(C)CN=C(N)Cc2ccc(Cl)cc2)c1. The molecule has 0 aliphatic rings. The fraction of sp³-hybridized carbons (Fsp3) is 0.316. The molecule has 0 fully saturated rings. The molecule has 0 saturated carbocycles. The van der Waals surface area contributed by atoms with Gasteiger partial charge in [-0.25, -0.2) is 0 Å². The lowest BCUT2D eigenvalue weighted by atomic mass is 10.1. The highest BCUT2D eigenvalue weighted by Gasteiger charge is 2.05. The highest BCUT2D eigenvalue weighted by Crippen LogP contribution is 2.15. The quantitative estimate of drug-likeness (QED) is 0.608. The van der Waals surface area contributed by atoms with Gasteiger partial charge in [-0.15, -0.1) is 0 Å². The molecule has 3 nitrogen and oxygen atoms in total. The molecule has 2 aromatic rings. The molecule has 122 valence electrons. The summed E-state index contributed by atoms with van der Waals surface area (Å²) >= 11 is 5.87. The minimum atomic E-state index is -0.0223. The van der Waals surface area contributed by atoms with E-state index < -0.39 is 0 Å². The molecule has 0 aliphatic heterocycles. The van der Waals surface area contributed by atoms with E-state index in [0.717, 1.165) is 22.8 Å². The number of amidine groups is 1. The predicted molar refractivity (Wildman–Crippen MR) is 97.6 cm³/mol. The van der Waals surface area contributed by atoms with Crippen molar-refractivity contribution in [3.63, 3.8) is 0 Å².